The molecule has 1 spiro atoms. The molecule has 2 aliphatic carbocycles. The lowest BCUT2D eigenvalue weighted by molar-refractivity contribution is -0.115. The van der Waals surface area contributed by atoms with Gasteiger partial charge in [-0.1, -0.05) is 23.7 Å². The molecule has 0 amide bonds. The van der Waals surface area contributed by atoms with Crippen molar-refractivity contribution in [3.63, 3.8) is 0 Å². The number of aryl methyl sites for hydroxylation is 1. The maximum Gasteiger partial charge on any atom is 0.155 e. The molecule has 1 aromatic rings. The van der Waals surface area contributed by atoms with Gasteiger partial charge in [0.15, 0.2) is 5.78 Å². The first kappa shape index (κ1) is 11.0. The van der Waals surface area contributed by atoms with E-state index >= 15 is 0 Å². The summed E-state index contributed by atoms with van der Waals surface area (Å²) in [7, 11) is 0. The number of carbonyl (C=O) groups is 1. The summed E-state index contributed by atoms with van der Waals surface area (Å²) in [5.41, 5.74) is 2.85. The number of halogens is 1. The number of carbonyl (C=O) groups excluding carboxylic acids is 1. The maximum absolute atomic E-state index is 11.3. The Bertz CT molecular complexity index is 504. The number of ketones is 1. The smallest absolute Gasteiger partial charge is 0.155 e. The number of hydrogen-bond donors (Lipinski definition) is 0. The SMILES string of the molecule is O=C1C=C[C@]2(CCCc3cc(Cl)ccc32)CC1. The van der Waals surface area contributed by atoms with Crippen LogP contribution in [-0.4, -0.2) is 5.78 Å². The van der Waals surface area contributed by atoms with Gasteiger partial charge in [0.1, 0.15) is 0 Å². The number of hydrogen-bond acceptors (Lipinski definition) is 1. The van der Waals surface area contributed by atoms with Crippen molar-refractivity contribution in [3.05, 3.63) is 46.5 Å². The molecule has 0 saturated carbocycles. The second-order valence-electron chi connectivity index (χ2n) is 5.11. The first-order valence-electron chi connectivity index (χ1n) is 6.21. The molecule has 0 saturated heterocycles. The summed E-state index contributed by atoms with van der Waals surface area (Å²) in [6.07, 6.45) is 8.99. The van der Waals surface area contributed by atoms with Crippen molar-refractivity contribution in [2.45, 2.75) is 37.5 Å². The zero-order valence-electron chi connectivity index (χ0n) is 9.71. The van der Waals surface area contributed by atoms with Crippen LogP contribution in [0, 0.1) is 0 Å². The molecule has 88 valence electrons. The Labute approximate surface area is 106 Å². The Morgan fingerprint density at radius 3 is 2.82 bits per heavy atom. The predicted octanol–water partition coefficient (Wildman–Crippen LogP) is 3.83. The highest BCUT2D eigenvalue weighted by molar-refractivity contribution is 6.30. The summed E-state index contributed by atoms with van der Waals surface area (Å²) < 4.78 is 0. The van der Waals surface area contributed by atoms with Crippen molar-refractivity contribution < 1.29 is 4.79 Å². The number of rotatable bonds is 0. The Balaban J connectivity index is 2.10. The van der Waals surface area contributed by atoms with Gasteiger partial charge in [-0.2, -0.15) is 0 Å². The minimum atomic E-state index is 0.103. The van der Waals surface area contributed by atoms with Gasteiger partial charge in [0, 0.05) is 16.9 Å². The number of allylic oxidation sites excluding steroid dienone is 2. The Morgan fingerprint density at radius 2 is 2.06 bits per heavy atom. The molecule has 0 aliphatic heterocycles. The molecular weight excluding hydrogens is 232 g/mol. The number of fused-ring (bicyclic) bond motifs is 2. The second-order valence-corrected chi connectivity index (χ2v) is 5.55. The molecule has 1 atom stereocenters. The molecule has 0 heterocycles. The topological polar surface area (TPSA) is 17.1 Å². The van der Waals surface area contributed by atoms with Gasteiger partial charge in [-0.05, 0) is 55.0 Å². The average Bonchev–Trinajstić information content (AvgIpc) is 2.33. The molecule has 2 aliphatic rings. The summed E-state index contributed by atoms with van der Waals surface area (Å²) in [4.78, 5) is 11.3. The van der Waals surface area contributed by atoms with Crippen LogP contribution in [0.25, 0.3) is 0 Å². The van der Waals surface area contributed by atoms with Crippen LogP contribution >= 0.6 is 11.6 Å². The summed E-state index contributed by atoms with van der Waals surface area (Å²) in [6, 6.07) is 6.21. The van der Waals surface area contributed by atoms with Crippen LogP contribution in [0.2, 0.25) is 5.02 Å². The van der Waals surface area contributed by atoms with Crippen LogP contribution in [0.1, 0.15) is 36.8 Å². The van der Waals surface area contributed by atoms with Crippen molar-refractivity contribution in [1.82, 2.24) is 0 Å². The minimum absolute atomic E-state index is 0.103. The first-order chi connectivity index (χ1) is 8.20. The third-order valence-electron chi connectivity index (χ3n) is 4.08. The normalized spacial score (nSPS) is 27.2. The van der Waals surface area contributed by atoms with E-state index in [1.54, 1.807) is 6.08 Å². The first-order valence-corrected chi connectivity index (χ1v) is 6.58. The minimum Gasteiger partial charge on any atom is -0.295 e. The van der Waals surface area contributed by atoms with Crippen LogP contribution in [-0.2, 0) is 16.6 Å². The van der Waals surface area contributed by atoms with Gasteiger partial charge < -0.3 is 0 Å². The fraction of sp³-hybridized carbons (Fsp3) is 0.400. The van der Waals surface area contributed by atoms with Gasteiger partial charge in [-0.25, -0.2) is 0 Å². The Kier molecular flexibility index (Phi) is 2.59. The van der Waals surface area contributed by atoms with E-state index in [0.717, 1.165) is 24.3 Å². The third-order valence-corrected chi connectivity index (χ3v) is 4.31. The van der Waals surface area contributed by atoms with E-state index in [2.05, 4.69) is 18.2 Å². The standard InChI is InChI=1S/C15H15ClO/c16-12-3-4-14-11(10-12)2-1-7-15(14)8-5-13(17)6-9-15/h3-5,8,10H,1-2,6-7,9H2/t15-/m1/s1. The summed E-state index contributed by atoms with van der Waals surface area (Å²) in [5.74, 6) is 0.261. The van der Waals surface area contributed by atoms with Gasteiger partial charge in [-0.15, -0.1) is 0 Å². The van der Waals surface area contributed by atoms with Crippen LogP contribution in [0.15, 0.2) is 30.4 Å². The summed E-state index contributed by atoms with van der Waals surface area (Å²) >= 11 is 6.06. The molecule has 0 unspecified atom stereocenters. The van der Waals surface area contributed by atoms with Gasteiger partial charge in [0.25, 0.3) is 0 Å². The van der Waals surface area contributed by atoms with Crippen LogP contribution in [0.3, 0.4) is 0 Å². The van der Waals surface area contributed by atoms with E-state index in [0.29, 0.717) is 6.42 Å². The molecule has 17 heavy (non-hydrogen) atoms. The van der Waals surface area contributed by atoms with Crippen molar-refractivity contribution in [2.24, 2.45) is 0 Å². The fourth-order valence-corrected chi connectivity index (χ4v) is 3.38. The van der Waals surface area contributed by atoms with Gasteiger partial charge in [0.2, 0.25) is 0 Å². The van der Waals surface area contributed by atoms with E-state index in [4.69, 9.17) is 11.6 Å². The van der Waals surface area contributed by atoms with Crippen molar-refractivity contribution in [2.75, 3.05) is 0 Å². The molecule has 2 heteroatoms. The van der Waals surface area contributed by atoms with Crippen LogP contribution in [0.4, 0.5) is 0 Å². The quantitative estimate of drug-likeness (QED) is 0.680. The maximum atomic E-state index is 11.3. The lowest BCUT2D eigenvalue weighted by Crippen LogP contribution is -2.32. The van der Waals surface area contributed by atoms with Crippen molar-refractivity contribution >= 4 is 17.4 Å². The molecule has 0 bridgehead atoms. The van der Waals surface area contributed by atoms with E-state index in [1.807, 2.05) is 6.07 Å². The average molecular weight is 247 g/mol. The van der Waals surface area contributed by atoms with Gasteiger partial charge in [0.05, 0.1) is 0 Å². The highest BCUT2D eigenvalue weighted by Crippen LogP contribution is 2.44. The molecular formula is C15H15ClO. The van der Waals surface area contributed by atoms with E-state index in [-0.39, 0.29) is 11.2 Å². The molecule has 0 aromatic heterocycles. The highest BCUT2D eigenvalue weighted by Gasteiger charge is 2.36. The second kappa shape index (κ2) is 3.99. The monoisotopic (exact) mass is 246 g/mol. The van der Waals surface area contributed by atoms with E-state index in [9.17, 15) is 4.79 Å². The largest absolute Gasteiger partial charge is 0.295 e. The van der Waals surface area contributed by atoms with Gasteiger partial charge in [-0.3, -0.25) is 4.79 Å². The molecule has 3 rings (SSSR count). The Hall–Kier alpha value is -1.08. The van der Waals surface area contributed by atoms with Crippen LogP contribution in [0.5, 0.6) is 0 Å². The van der Waals surface area contributed by atoms with Crippen molar-refractivity contribution in [1.29, 1.82) is 0 Å². The molecule has 1 nitrogen and oxygen atoms in total. The molecule has 1 aromatic carbocycles. The van der Waals surface area contributed by atoms with E-state index < -0.39 is 0 Å². The van der Waals surface area contributed by atoms with E-state index in [1.165, 1.54) is 17.5 Å². The summed E-state index contributed by atoms with van der Waals surface area (Å²) in [5, 5.41) is 0.816. The van der Waals surface area contributed by atoms with Crippen molar-refractivity contribution in [3.8, 4) is 0 Å². The third kappa shape index (κ3) is 1.83. The highest BCUT2D eigenvalue weighted by atomic mass is 35.5. The zero-order valence-corrected chi connectivity index (χ0v) is 10.5. The summed E-state index contributed by atoms with van der Waals surface area (Å²) in [6.45, 7) is 0. The van der Waals surface area contributed by atoms with Gasteiger partial charge >= 0.3 is 0 Å². The van der Waals surface area contributed by atoms with Crippen LogP contribution < -0.4 is 0 Å². The lowest BCUT2D eigenvalue weighted by Gasteiger charge is -2.38. The zero-order chi connectivity index (χ0) is 11.9. The predicted molar refractivity (Wildman–Crippen MR) is 69.4 cm³/mol. The molecule has 0 N–H and O–H groups in total. The lowest BCUT2D eigenvalue weighted by atomic mass is 9.65. The fourth-order valence-electron chi connectivity index (χ4n) is 3.18. The molecule has 0 radical (unpaired) electrons. The number of benzene rings is 1. The Morgan fingerprint density at radius 1 is 1.18 bits per heavy atom. The molecule has 0 fully saturated rings.